The normalized spacial score (nSPS) is 14.4. The van der Waals surface area contributed by atoms with Gasteiger partial charge in [-0.15, -0.1) is 0 Å². The fourth-order valence-corrected chi connectivity index (χ4v) is 1.46. The lowest BCUT2D eigenvalue weighted by Crippen LogP contribution is -2.22. The fourth-order valence-electron chi connectivity index (χ4n) is 1.29. The molecule has 7 nitrogen and oxygen atoms in total. The second kappa shape index (κ2) is 5.87. The third kappa shape index (κ3) is 3.34. The zero-order valence-corrected chi connectivity index (χ0v) is 9.54. The van der Waals surface area contributed by atoms with Crippen molar-refractivity contribution in [2.24, 2.45) is 5.73 Å². The van der Waals surface area contributed by atoms with E-state index in [1.807, 2.05) is 0 Å². The van der Waals surface area contributed by atoms with Crippen molar-refractivity contribution in [3.05, 3.63) is 33.1 Å². The van der Waals surface area contributed by atoms with E-state index in [0.29, 0.717) is 0 Å². The number of hydrogen-bond donors (Lipinski definition) is 3. The van der Waals surface area contributed by atoms with Crippen LogP contribution in [0.4, 0.5) is 5.69 Å². The molecule has 2 unspecified atom stereocenters. The van der Waals surface area contributed by atoms with E-state index in [4.69, 9.17) is 17.3 Å². The highest BCUT2D eigenvalue weighted by Gasteiger charge is 2.22. The largest absolute Gasteiger partial charge is 0.390 e. The molecule has 0 saturated carbocycles. The van der Waals surface area contributed by atoms with Gasteiger partial charge < -0.3 is 15.9 Å². The van der Waals surface area contributed by atoms with E-state index in [-0.39, 0.29) is 23.7 Å². The van der Waals surface area contributed by atoms with Crippen LogP contribution in [0.3, 0.4) is 0 Å². The molecule has 17 heavy (non-hydrogen) atoms. The van der Waals surface area contributed by atoms with E-state index in [9.17, 15) is 20.3 Å². The highest BCUT2D eigenvalue weighted by atomic mass is 35.5. The molecule has 0 aliphatic rings. The Bertz CT molecular complexity index is 415. The Kier molecular flexibility index (Phi) is 4.76. The number of aliphatic hydroxyl groups excluding tert-OH is 2. The lowest BCUT2D eigenvalue weighted by Gasteiger charge is -2.16. The summed E-state index contributed by atoms with van der Waals surface area (Å²) in [5, 5.41) is 29.6. The number of pyridine rings is 1. The van der Waals surface area contributed by atoms with Crippen LogP contribution in [0.2, 0.25) is 5.15 Å². The molecule has 94 valence electrons. The smallest absolute Gasteiger partial charge is 0.306 e. The van der Waals surface area contributed by atoms with Crippen LogP contribution in [0.25, 0.3) is 0 Å². The molecule has 1 aromatic heterocycles. The number of nitrogens with zero attached hydrogens (tertiary/aromatic N) is 2. The molecule has 0 aliphatic carbocycles. The number of hydrogen-bond acceptors (Lipinski definition) is 6. The van der Waals surface area contributed by atoms with Gasteiger partial charge in [-0.25, -0.2) is 4.98 Å². The summed E-state index contributed by atoms with van der Waals surface area (Å²) >= 11 is 5.52. The Hall–Kier alpha value is -1.28. The summed E-state index contributed by atoms with van der Waals surface area (Å²) < 4.78 is 0. The average molecular weight is 262 g/mol. The second-order valence-corrected chi connectivity index (χ2v) is 3.78. The molecular weight excluding hydrogens is 250 g/mol. The number of aliphatic hydroxyl groups is 2. The van der Waals surface area contributed by atoms with Crippen LogP contribution in [-0.4, -0.2) is 32.8 Å². The molecule has 0 aromatic carbocycles. The zero-order valence-electron chi connectivity index (χ0n) is 8.78. The summed E-state index contributed by atoms with van der Waals surface area (Å²) in [6, 6.07) is 1.08. The van der Waals surface area contributed by atoms with Crippen LogP contribution in [0.5, 0.6) is 0 Å². The molecule has 0 bridgehead atoms. The number of aromatic nitrogens is 1. The van der Waals surface area contributed by atoms with Gasteiger partial charge in [0.2, 0.25) is 5.15 Å². The molecule has 8 heteroatoms. The van der Waals surface area contributed by atoms with Crippen molar-refractivity contribution in [1.29, 1.82) is 0 Å². The SMILES string of the molecule is NCCC(O)C(O)c1cnc(Cl)c([N+](=O)[O-])c1. The summed E-state index contributed by atoms with van der Waals surface area (Å²) in [5.41, 5.74) is 4.94. The first-order chi connectivity index (χ1) is 7.97. The van der Waals surface area contributed by atoms with Crippen LogP contribution in [0, 0.1) is 10.1 Å². The van der Waals surface area contributed by atoms with E-state index in [1.165, 1.54) is 6.20 Å². The molecule has 2 atom stereocenters. The number of nitro groups is 1. The van der Waals surface area contributed by atoms with Gasteiger partial charge in [0.25, 0.3) is 0 Å². The minimum absolute atomic E-state index is 0.127. The first kappa shape index (κ1) is 13.8. The van der Waals surface area contributed by atoms with Gasteiger partial charge in [0, 0.05) is 17.8 Å². The molecule has 0 spiro atoms. The third-order valence-corrected chi connectivity index (χ3v) is 2.50. The van der Waals surface area contributed by atoms with E-state index in [2.05, 4.69) is 4.98 Å². The van der Waals surface area contributed by atoms with Gasteiger partial charge >= 0.3 is 5.69 Å². The number of rotatable bonds is 5. The minimum atomic E-state index is -1.28. The van der Waals surface area contributed by atoms with Crippen molar-refractivity contribution in [1.82, 2.24) is 4.98 Å². The standard InChI is InChI=1S/C9H12ClN3O4/c10-9-6(13(16)17)3-5(4-12-9)8(15)7(14)1-2-11/h3-4,7-8,14-15H,1-2,11H2. The summed E-state index contributed by atoms with van der Waals surface area (Å²) in [5.74, 6) is 0. The zero-order chi connectivity index (χ0) is 13.0. The number of nitrogens with two attached hydrogens (primary N) is 1. The topological polar surface area (TPSA) is 123 Å². The molecule has 4 N–H and O–H groups in total. The maximum Gasteiger partial charge on any atom is 0.306 e. The Labute approximate surface area is 102 Å². The minimum Gasteiger partial charge on any atom is -0.390 e. The highest BCUT2D eigenvalue weighted by Crippen LogP contribution is 2.27. The van der Waals surface area contributed by atoms with Crippen LogP contribution >= 0.6 is 11.6 Å². The molecule has 0 saturated heterocycles. The molecule has 1 heterocycles. The van der Waals surface area contributed by atoms with Gasteiger partial charge in [0.1, 0.15) is 6.10 Å². The van der Waals surface area contributed by atoms with Crippen molar-refractivity contribution in [3.63, 3.8) is 0 Å². The Morgan fingerprint density at radius 3 is 2.76 bits per heavy atom. The van der Waals surface area contributed by atoms with E-state index in [1.54, 1.807) is 0 Å². The van der Waals surface area contributed by atoms with Crippen LogP contribution in [0.15, 0.2) is 12.3 Å². The molecule has 1 rings (SSSR count). The van der Waals surface area contributed by atoms with Crippen molar-refractivity contribution in [2.45, 2.75) is 18.6 Å². The van der Waals surface area contributed by atoms with E-state index in [0.717, 1.165) is 6.07 Å². The van der Waals surface area contributed by atoms with Gasteiger partial charge in [-0.1, -0.05) is 11.6 Å². The third-order valence-electron chi connectivity index (χ3n) is 2.21. The van der Waals surface area contributed by atoms with Crippen molar-refractivity contribution >= 4 is 17.3 Å². The predicted molar refractivity (Wildman–Crippen MR) is 60.5 cm³/mol. The van der Waals surface area contributed by atoms with Crippen LogP contribution in [-0.2, 0) is 0 Å². The molecule has 0 fully saturated rings. The first-order valence-corrected chi connectivity index (χ1v) is 5.21. The van der Waals surface area contributed by atoms with E-state index >= 15 is 0 Å². The quantitative estimate of drug-likeness (QED) is 0.400. The van der Waals surface area contributed by atoms with Gasteiger partial charge in [-0.2, -0.15) is 0 Å². The lowest BCUT2D eigenvalue weighted by atomic mass is 10.0. The second-order valence-electron chi connectivity index (χ2n) is 3.43. The Morgan fingerprint density at radius 1 is 1.59 bits per heavy atom. The number of halogens is 1. The Balaban J connectivity index is 2.99. The van der Waals surface area contributed by atoms with Crippen molar-refractivity contribution in [2.75, 3.05) is 6.54 Å². The highest BCUT2D eigenvalue weighted by molar-refractivity contribution is 6.31. The maximum atomic E-state index is 10.6. The van der Waals surface area contributed by atoms with Crippen LogP contribution in [0.1, 0.15) is 18.1 Å². The molecular formula is C9H12ClN3O4. The average Bonchev–Trinajstić information content (AvgIpc) is 2.28. The summed E-state index contributed by atoms with van der Waals surface area (Å²) in [6.45, 7) is 0.196. The van der Waals surface area contributed by atoms with Gasteiger partial charge in [-0.3, -0.25) is 10.1 Å². The first-order valence-electron chi connectivity index (χ1n) is 4.83. The summed E-state index contributed by atoms with van der Waals surface area (Å²) in [6.07, 6.45) is -1.01. The fraction of sp³-hybridized carbons (Fsp3) is 0.444. The molecule has 0 radical (unpaired) electrons. The monoisotopic (exact) mass is 261 g/mol. The summed E-state index contributed by atoms with van der Waals surface area (Å²) in [4.78, 5) is 13.5. The predicted octanol–water partition coefficient (Wildman–Crippen LogP) is 0.386. The lowest BCUT2D eigenvalue weighted by molar-refractivity contribution is -0.385. The molecule has 1 aromatic rings. The van der Waals surface area contributed by atoms with Crippen molar-refractivity contribution in [3.8, 4) is 0 Å². The Morgan fingerprint density at radius 2 is 2.24 bits per heavy atom. The van der Waals surface area contributed by atoms with E-state index < -0.39 is 22.8 Å². The van der Waals surface area contributed by atoms with Gasteiger partial charge in [0.05, 0.1) is 11.0 Å². The van der Waals surface area contributed by atoms with Crippen LogP contribution < -0.4 is 5.73 Å². The van der Waals surface area contributed by atoms with Crippen molar-refractivity contribution < 1.29 is 15.1 Å². The van der Waals surface area contributed by atoms with Gasteiger partial charge in [0.15, 0.2) is 0 Å². The maximum absolute atomic E-state index is 10.6. The molecule has 0 amide bonds. The van der Waals surface area contributed by atoms with Gasteiger partial charge in [-0.05, 0) is 13.0 Å². The summed E-state index contributed by atoms with van der Waals surface area (Å²) in [7, 11) is 0. The molecule has 0 aliphatic heterocycles.